The lowest BCUT2D eigenvalue weighted by Gasteiger charge is -2.37. The van der Waals surface area contributed by atoms with Crippen LogP contribution in [0.5, 0.6) is 0 Å². The molecule has 1 aromatic heterocycles. The average molecular weight is 562 g/mol. The van der Waals surface area contributed by atoms with Crippen molar-refractivity contribution >= 4 is 26.8 Å². The van der Waals surface area contributed by atoms with E-state index in [0.717, 1.165) is 28.6 Å². The van der Waals surface area contributed by atoms with Crippen molar-refractivity contribution in [3.8, 4) is 11.3 Å². The minimum atomic E-state index is -3.72. The summed E-state index contributed by atoms with van der Waals surface area (Å²) in [5.74, 6) is -0.242. The van der Waals surface area contributed by atoms with Crippen LogP contribution in [0.1, 0.15) is 46.0 Å². The molecular formula is C32H39N3O4S. The topological polar surface area (TPSA) is 100 Å². The van der Waals surface area contributed by atoms with Crippen LogP contribution in [0.3, 0.4) is 0 Å². The van der Waals surface area contributed by atoms with Crippen molar-refractivity contribution in [3.05, 3.63) is 78.9 Å². The Morgan fingerprint density at radius 2 is 1.75 bits per heavy atom. The fraction of sp³-hybridized carbons (Fsp3) is 0.406. The van der Waals surface area contributed by atoms with E-state index in [9.17, 15) is 18.3 Å². The quantitative estimate of drug-likeness (QED) is 0.358. The molecule has 1 saturated carbocycles. The van der Waals surface area contributed by atoms with E-state index in [1.807, 2.05) is 73.8 Å². The van der Waals surface area contributed by atoms with Crippen LogP contribution in [0.2, 0.25) is 0 Å². The van der Waals surface area contributed by atoms with Gasteiger partial charge in [-0.2, -0.15) is 0 Å². The fourth-order valence-electron chi connectivity index (χ4n) is 6.07. The van der Waals surface area contributed by atoms with Gasteiger partial charge in [-0.05, 0) is 75.8 Å². The lowest BCUT2D eigenvalue weighted by molar-refractivity contribution is -0.129. The van der Waals surface area contributed by atoms with Crippen LogP contribution < -0.4 is 10.0 Å². The number of carbonyl (C=O) groups excluding carboxylic acids is 1. The molecule has 1 amide bonds. The molecular weight excluding hydrogens is 522 g/mol. The highest BCUT2D eigenvalue weighted by atomic mass is 32.2. The number of nitrogens with one attached hydrogen (secondary N) is 2. The third kappa shape index (κ3) is 6.09. The number of aryl methyl sites for hydroxylation is 1. The second kappa shape index (κ2) is 11.4. The van der Waals surface area contributed by atoms with Gasteiger partial charge in [0.15, 0.2) is 0 Å². The summed E-state index contributed by atoms with van der Waals surface area (Å²) in [4.78, 5) is 13.4. The monoisotopic (exact) mass is 561 g/mol. The van der Waals surface area contributed by atoms with Gasteiger partial charge in [-0.1, -0.05) is 54.6 Å². The Labute approximate surface area is 237 Å². The number of rotatable bonds is 8. The fourth-order valence-corrected chi connectivity index (χ4v) is 7.41. The van der Waals surface area contributed by atoms with Crippen LogP contribution in [-0.2, 0) is 21.9 Å². The Hall–Kier alpha value is -3.20. The van der Waals surface area contributed by atoms with E-state index in [4.69, 9.17) is 0 Å². The van der Waals surface area contributed by atoms with Crippen molar-refractivity contribution < 1.29 is 18.3 Å². The van der Waals surface area contributed by atoms with Crippen LogP contribution in [0.4, 0.5) is 0 Å². The molecule has 3 aromatic rings. The molecule has 1 unspecified atom stereocenters. The Morgan fingerprint density at radius 1 is 1.02 bits per heavy atom. The molecule has 40 heavy (non-hydrogen) atoms. The number of nitrogens with zero attached hydrogens (tertiary/aromatic N) is 1. The molecule has 7 nitrogen and oxygen atoms in total. The van der Waals surface area contributed by atoms with E-state index in [1.165, 1.54) is 0 Å². The first-order chi connectivity index (χ1) is 19.0. The normalized spacial score (nSPS) is 22.4. The summed E-state index contributed by atoms with van der Waals surface area (Å²) in [6, 6.07) is 16.7. The molecule has 2 atom stereocenters. The Morgan fingerprint density at radius 3 is 2.40 bits per heavy atom. The maximum atomic E-state index is 13.3. The molecule has 2 aliphatic rings. The molecule has 8 heteroatoms. The van der Waals surface area contributed by atoms with Crippen molar-refractivity contribution in [1.29, 1.82) is 0 Å². The smallest absolute Gasteiger partial charge is 0.240 e. The molecule has 1 fully saturated rings. The van der Waals surface area contributed by atoms with Crippen LogP contribution >= 0.6 is 0 Å². The number of benzene rings is 2. The van der Waals surface area contributed by atoms with E-state index < -0.39 is 21.7 Å². The maximum absolute atomic E-state index is 13.3. The van der Waals surface area contributed by atoms with Crippen molar-refractivity contribution in [2.75, 3.05) is 0 Å². The minimum Gasteiger partial charge on any atom is -0.388 e. The Balaban J connectivity index is 1.22. The van der Waals surface area contributed by atoms with E-state index >= 15 is 0 Å². The van der Waals surface area contributed by atoms with Gasteiger partial charge >= 0.3 is 0 Å². The van der Waals surface area contributed by atoms with Gasteiger partial charge in [0.2, 0.25) is 15.9 Å². The number of aliphatic hydroxyl groups is 1. The summed E-state index contributed by atoms with van der Waals surface area (Å²) >= 11 is 0. The van der Waals surface area contributed by atoms with Crippen molar-refractivity contribution in [1.82, 2.24) is 14.6 Å². The molecule has 0 saturated heterocycles. The number of sulfonamides is 1. The van der Waals surface area contributed by atoms with Gasteiger partial charge in [-0.3, -0.25) is 4.79 Å². The van der Waals surface area contributed by atoms with E-state index in [0.29, 0.717) is 25.7 Å². The molecule has 2 aliphatic carbocycles. The number of carbonyl (C=O) groups is 1. The lowest BCUT2D eigenvalue weighted by Crippen LogP contribution is -2.55. The summed E-state index contributed by atoms with van der Waals surface area (Å²) in [5, 5.41) is 14.7. The van der Waals surface area contributed by atoms with Gasteiger partial charge < -0.3 is 15.0 Å². The van der Waals surface area contributed by atoms with E-state index in [-0.39, 0.29) is 28.7 Å². The van der Waals surface area contributed by atoms with Gasteiger partial charge in [0, 0.05) is 41.5 Å². The van der Waals surface area contributed by atoms with Gasteiger partial charge in [0.1, 0.15) is 0 Å². The van der Waals surface area contributed by atoms with Crippen LogP contribution in [0, 0.1) is 11.8 Å². The molecule has 5 rings (SSSR count). The number of hydrogen-bond donors (Lipinski definition) is 3. The first-order valence-electron chi connectivity index (χ1n) is 14.1. The Bertz CT molecular complexity index is 1530. The van der Waals surface area contributed by atoms with Crippen LogP contribution in [0.25, 0.3) is 22.2 Å². The highest BCUT2D eigenvalue weighted by molar-refractivity contribution is 7.89. The maximum Gasteiger partial charge on any atom is 0.240 e. The number of hydrogen-bond acceptors (Lipinski definition) is 4. The lowest BCUT2D eigenvalue weighted by atomic mass is 9.81. The first-order valence-corrected chi connectivity index (χ1v) is 15.5. The summed E-state index contributed by atoms with van der Waals surface area (Å²) in [6.45, 7) is 3.45. The minimum absolute atomic E-state index is 0.0304. The van der Waals surface area contributed by atoms with Crippen molar-refractivity contribution in [3.63, 3.8) is 0 Å². The highest BCUT2D eigenvalue weighted by Crippen LogP contribution is 2.31. The number of aromatic nitrogens is 1. The third-order valence-electron chi connectivity index (χ3n) is 8.31. The average Bonchev–Trinajstić information content (AvgIpc) is 3.28. The predicted molar refractivity (Wildman–Crippen MR) is 159 cm³/mol. The standard InChI is InChI=1S/C32H39N3O4S/c1-32(2,37)30(23-12-8-5-9-13-23)33-31(36)24-14-16-26(17-15-24)34-40(38,39)27-18-19-28-25(20-27)21-29(35(28)3)22-10-6-4-7-11-22/h4-12,18-21,23-24,26,30,34,37H,13-17H2,1-3H3,(H,33,36)/t23?,24-,26-,30-/m0/s1. The molecule has 1 heterocycles. The summed E-state index contributed by atoms with van der Waals surface area (Å²) in [5.41, 5.74) is 2.00. The second-order valence-electron chi connectivity index (χ2n) is 11.7. The SMILES string of the molecule is Cn1c(-c2ccccc2)cc2cc(S(=O)(=O)N[C@H]3CC[C@H](C(=O)N[C@@H](C4C=CC=CC4)C(C)(C)O)CC3)ccc21. The first kappa shape index (κ1) is 28.3. The number of amides is 1. The van der Waals surface area contributed by atoms with Gasteiger partial charge in [0.25, 0.3) is 0 Å². The zero-order chi connectivity index (χ0) is 28.5. The third-order valence-corrected chi connectivity index (χ3v) is 9.83. The number of allylic oxidation sites excluding steroid dienone is 3. The largest absolute Gasteiger partial charge is 0.388 e. The molecule has 0 radical (unpaired) electrons. The van der Waals surface area contributed by atoms with Crippen molar-refractivity contribution in [2.45, 2.75) is 68.5 Å². The van der Waals surface area contributed by atoms with Crippen molar-refractivity contribution in [2.24, 2.45) is 18.9 Å². The molecule has 0 aliphatic heterocycles. The zero-order valence-corrected chi connectivity index (χ0v) is 24.2. The molecule has 212 valence electrons. The molecule has 3 N–H and O–H groups in total. The predicted octanol–water partition coefficient (Wildman–Crippen LogP) is 5.07. The van der Waals surface area contributed by atoms with Gasteiger partial charge in [-0.15, -0.1) is 0 Å². The number of fused-ring (bicyclic) bond motifs is 1. The summed E-state index contributed by atoms with van der Waals surface area (Å²) in [7, 11) is -1.73. The summed E-state index contributed by atoms with van der Waals surface area (Å²) < 4.78 is 31.6. The van der Waals surface area contributed by atoms with Crippen LogP contribution in [0.15, 0.2) is 83.8 Å². The van der Waals surface area contributed by atoms with Gasteiger partial charge in [-0.25, -0.2) is 13.1 Å². The summed E-state index contributed by atoms with van der Waals surface area (Å²) in [6.07, 6.45) is 11.1. The Kier molecular flexibility index (Phi) is 8.04. The van der Waals surface area contributed by atoms with Crippen LogP contribution in [-0.4, -0.2) is 41.7 Å². The van der Waals surface area contributed by atoms with E-state index in [1.54, 1.807) is 26.0 Å². The van der Waals surface area contributed by atoms with Gasteiger partial charge in [0.05, 0.1) is 16.5 Å². The molecule has 0 bridgehead atoms. The zero-order valence-electron chi connectivity index (χ0n) is 23.4. The highest BCUT2D eigenvalue weighted by Gasteiger charge is 2.37. The molecule has 0 spiro atoms. The molecule has 2 aromatic carbocycles. The van der Waals surface area contributed by atoms with E-state index in [2.05, 4.69) is 14.6 Å². The second-order valence-corrected chi connectivity index (χ2v) is 13.4.